The van der Waals surface area contributed by atoms with Crippen LogP contribution in [0.1, 0.15) is 63.3 Å². The van der Waals surface area contributed by atoms with Crippen molar-refractivity contribution in [1.29, 1.82) is 5.26 Å². The van der Waals surface area contributed by atoms with Gasteiger partial charge in [0.25, 0.3) is 17.4 Å². The molecule has 1 atom stereocenters. The number of rotatable bonds is 8. The summed E-state index contributed by atoms with van der Waals surface area (Å²) < 4.78 is 11.2. The van der Waals surface area contributed by atoms with Crippen LogP contribution in [0, 0.1) is 18.3 Å². The van der Waals surface area contributed by atoms with E-state index in [1.807, 2.05) is 67.1 Å². The molecule has 4 aromatic carbocycles. The van der Waals surface area contributed by atoms with E-state index in [9.17, 15) is 20.0 Å². The number of hydrogen-bond acceptors (Lipinski definition) is 7. The number of phenolic OH excluding ortho intramolecular Hbond substituents is 1. The lowest BCUT2D eigenvalue weighted by molar-refractivity contribution is -0.134. The van der Waals surface area contributed by atoms with Crippen LogP contribution in [0.4, 0.5) is 0 Å². The minimum absolute atomic E-state index is 0.0484. The zero-order chi connectivity index (χ0) is 44.2. The first-order valence-corrected chi connectivity index (χ1v) is 22.2. The fourth-order valence-electron chi connectivity index (χ4n) is 10.3. The van der Waals surface area contributed by atoms with E-state index in [1.165, 1.54) is 12.0 Å². The van der Waals surface area contributed by atoms with Crippen LogP contribution in [0.25, 0.3) is 38.8 Å². The van der Waals surface area contributed by atoms with Crippen molar-refractivity contribution in [2.24, 2.45) is 14.1 Å². The largest absolute Gasteiger partial charge is 0.508 e. The number of aromatic nitrogens is 3. The molecule has 0 spiro atoms. The number of likely N-dealkylation sites (tertiary alicyclic amines) is 1. The molecular formula is C52H51N7O5. The summed E-state index contributed by atoms with van der Waals surface area (Å²) in [4.78, 5) is 50.6. The molecule has 1 fully saturated rings. The molecule has 3 aromatic heterocycles. The molecule has 3 aliphatic rings. The van der Waals surface area contributed by atoms with Gasteiger partial charge in [0.15, 0.2) is 6.61 Å². The van der Waals surface area contributed by atoms with Crippen LogP contribution in [0.5, 0.6) is 11.5 Å². The van der Waals surface area contributed by atoms with Crippen molar-refractivity contribution < 1.29 is 19.4 Å². The number of hydrogen-bond donors (Lipinski definition) is 1. The molecule has 1 saturated heterocycles. The second-order valence-electron chi connectivity index (χ2n) is 17.6. The number of phenols is 1. The molecule has 7 aromatic rings. The molecule has 12 heteroatoms. The third-order valence-electron chi connectivity index (χ3n) is 13.9. The van der Waals surface area contributed by atoms with Crippen molar-refractivity contribution in [2.75, 3.05) is 32.8 Å². The van der Waals surface area contributed by atoms with Gasteiger partial charge in [-0.2, -0.15) is 5.26 Å². The molecule has 0 unspecified atom stereocenters. The quantitative estimate of drug-likeness (QED) is 0.169. The van der Waals surface area contributed by atoms with Gasteiger partial charge < -0.3 is 33.7 Å². The maximum absolute atomic E-state index is 15.7. The van der Waals surface area contributed by atoms with Gasteiger partial charge in [0.05, 0.1) is 22.1 Å². The van der Waals surface area contributed by atoms with Crippen LogP contribution in [0.15, 0.2) is 102 Å². The summed E-state index contributed by atoms with van der Waals surface area (Å²) >= 11 is 0. The molecule has 324 valence electrons. The number of carbonyl (C=O) groups excluding carboxylic acids is 2. The van der Waals surface area contributed by atoms with Gasteiger partial charge in [-0.3, -0.25) is 19.0 Å². The Kier molecular flexibility index (Phi) is 10.6. The van der Waals surface area contributed by atoms with Gasteiger partial charge >= 0.3 is 0 Å². The molecular weight excluding hydrogens is 803 g/mol. The Morgan fingerprint density at radius 1 is 0.812 bits per heavy atom. The number of amides is 2. The summed E-state index contributed by atoms with van der Waals surface area (Å²) in [5.74, 6) is 0.450. The molecule has 10 rings (SSSR count). The average molecular weight is 854 g/mol. The fourth-order valence-corrected chi connectivity index (χ4v) is 10.3. The first kappa shape index (κ1) is 40.9. The summed E-state index contributed by atoms with van der Waals surface area (Å²) in [7, 11) is 3.71. The van der Waals surface area contributed by atoms with E-state index >= 15 is 4.79 Å². The number of nitrogens with zero attached hydrogens (tertiary/aromatic N) is 7. The minimum Gasteiger partial charge on any atom is -0.508 e. The maximum Gasteiger partial charge on any atom is 0.265 e. The minimum atomic E-state index is -0.278. The number of piperidine rings is 1. The number of fused-ring (bicyclic) bond motifs is 5. The Balaban J connectivity index is 1.13. The van der Waals surface area contributed by atoms with Crippen molar-refractivity contribution in [3.05, 3.63) is 147 Å². The smallest absolute Gasteiger partial charge is 0.265 e. The lowest BCUT2D eigenvalue weighted by atomic mass is 9.89. The molecule has 1 N–H and O–H groups in total. The van der Waals surface area contributed by atoms with E-state index < -0.39 is 0 Å². The maximum atomic E-state index is 15.7. The van der Waals surface area contributed by atoms with Crippen molar-refractivity contribution in [1.82, 2.24) is 28.4 Å². The molecule has 0 saturated carbocycles. The predicted octanol–water partition coefficient (Wildman–Crippen LogP) is 7.39. The normalized spacial score (nSPS) is 16.4. The van der Waals surface area contributed by atoms with Crippen molar-refractivity contribution in [3.8, 4) is 34.5 Å². The second kappa shape index (κ2) is 16.5. The van der Waals surface area contributed by atoms with E-state index in [0.29, 0.717) is 81.8 Å². The summed E-state index contributed by atoms with van der Waals surface area (Å²) in [5, 5.41) is 21.9. The van der Waals surface area contributed by atoms with Crippen LogP contribution >= 0.6 is 0 Å². The van der Waals surface area contributed by atoms with Gasteiger partial charge in [0.2, 0.25) is 0 Å². The van der Waals surface area contributed by atoms with E-state index in [1.54, 1.807) is 45.3 Å². The Hall–Kier alpha value is -7.10. The fraction of sp³-hybridized carbons (Fsp3) is 0.308. The number of aryl methyl sites for hydroxylation is 1. The van der Waals surface area contributed by atoms with Gasteiger partial charge in [-0.15, -0.1) is 0 Å². The van der Waals surface area contributed by atoms with Crippen molar-refractivity contribution >= 4 is 33.6 Å². The SMILES string of the molecule is Cc1c(-n2c(=O)c3cc(-c4cc5c(cc4C(=O)N4Cc6ccccc6C[C@H]4CN4CCCCC4)CN(C(=O)COc4ccccc4)CC5)n(C)c3c3cc(O)ccc32)cc(C#N)n1C. The Morgan fingerprint density at radius 2 is 1.58 bits per heavy atom. The molecule has 0 radical (unpaired) electrons. The molecule has 12 nitrogen and oxygen atoms in total. The van der Waals surface area contributed by atoms with E-state index in [0.717, 1.165) is 61.3 Å². The van der Waals surface area contributed by atoms with Gasteiger partial charge in [0, 0.05) is 74.2 Å². The third kappa shape index (κ3) is 7.19. The molecule has 64 heavy (non-hydrogen) atoms. The van der Waals surface area contributed by atoms with Gasteiger partial charge in [0.1, 0.15) is 23.3 Å². The highest BCUT2D eigenvalue weighted by Gasteiger charge is 2.35. The van der Waals surface area contributed by atoms with Crippen LogP contribution < -0.4 is 10.3 Å². The molecule has 0 aliphatic carbocycles. The molecule has 6 heterocycles. The first-order chi connectivity index (χ1) is 31.1. The van der Waals surface area contributed by atoms with E-state index in [2.05, 4.69) is 40.1 Å². The zero-order valence-corrected chi connectivity index (χ0v) is 36.5. The highest BCUT2D eigenvalue weighted by atomic mass is 16.5. The zero-order valence-electron chi connectivity index (χ0n) is 36.5. The summed E-state index contributed by atoms with van der Waals surface area (Å²) in [6.07, 6.45) is 4.84. The number of para-hydroxylation sites is 1. The van der Waals surface area contributed by atoms with Gasteiger partial charge in [-0.1, -0.05) is 48.9 Å². The van der Waals surface area contributed by atoms with Crippen molar-refractivity contribution in [3.63, 3.8) is 0 Å². The monoisotopic (exact) mass is 853 g/mol. The Morgan fingerprint density at radius 3 is 2.34 bits per heavy atom. The molecule has 0 bridgehead atoms. The number of carbonyl (C=O) groups is 2. The second-order valence-corrected chi connectivity index (χ2v) is 17.6. The number of nitriles is 1. The first-order valence-electron chi connectivity index (χ1n) is 22.2. The van der Waals surface area contributed by atoms with Crippen LogP contribution in [0.3, 0.4) is 0 Å². The number of ether oxygens (including phenoxy) is 1. The van der Waals surface area contributed by atoms with Crippen LogP contribution in [0.2, 0.25) is 0 Å². The molecule has 2 amide bonds. The predicted molar refractivity (Wildman–Crippen MR) is 247 cm³/mol. The highest BCUT2D eigenvalue weighted by molar-refractivity contribution is 6.09. The number of benzene rings is 4. The number of aromatic hydroxyl groups is 1. The van der Waals surface area contributed by atoms with Crippen molar-refractivity contribution in [2.45, 2.75) is 58.2 Å². The highest BCUT2D eigenvalue weighted by Crippen LogP contribution is 2.38. The lowest BCUT2D eigenvalue weighted by Crippen LogP contribution is -2.51. The van der Waals surface area contributed by atoms with Gasteiger partial charge in [-0.05, 0) is 123 Å². The average Bonchev–Trinajstić information content (AvgIpc) is 3.82. The van der Waals surface area contributed by atoms with E-state index in [-0.39, 0.29) is 35.8 Å². The topological polar surface area (TPSA) is 129 Å². The van der Waals surface area contributed by atoms with E-state index in [4.69, 9.17) is 4.74 Å². The third-order valence-corrected chi connectivity index (χ3v) is 13.9. The standard InChI is InChI=1S/C52H51N7O5/c1-33-47(25-38(28-53)54(33)2)59-46-17-16-40(60)26-44(46)50-45(52(59)63)27-48(55(50)3)42-23-35-18-21-57(49(61)32-64-41-14-6-4-7-15-41)29-37(35)24-43(42)51(62)58-30-36-13-9-8-12-34(36)22-39(58)31-56-19-10-5-11-20-56/h4,6-9,12-17,23-27,39,60H,5,10-11,18-22,29-32H2,1-3H3/t39-/m0/s1. The van der Waals surface area contributed by atoms with Crippen LogP contribution in [-0.2, 0) is 44.8 Å². The summed E-state index contributed by atoms with van der Waals surface area (Å²) in [5.41, 5.74) is 8.89. The Labute approximate surface area is 371 Å². The van der Waals surface area contributed by atoms with Crippen LogP contribution in [-0.4, -0.2) is 84.1 Å². The molecule has 3 aliphatic heterocycles. The lowest BCUT2D eigenvalue weighted by Gasteiger charge is -2.41. The summed E-state index contributed by atoms with van der Waals surface area (Å²) in [6.45, 7) is 5.88. The Bertz CT molecular complexity index is 3100. The number of pyridine rings is 1. The summed E-state index contributed by atoms with van der Waals surface area (Å²) in [6, 6.07) is 32.5. The van der Waals surface area contributed by atoms with Gasteiger partial charge in [-0.25, -0.2) is 0 Å².